The molecule has 1 aliphatic heterocycles. The highest BCUT2D eigenvalue weighted by atomic mass is 16.5. The van der Waals surface area contributed by atoms with Crippen molar-refractivity contribution in [1.82, 2.24) is 14.9 Å². The molecule has 0 saturated carbocycles. The highest BCUT2D eigenvalue weighted by molar-refractivity contribution is 5.80. The summed E-state index contributed by atoms with van der Waals surface area (Å²) in [6, 6.07) is 4.17. The summed E-state index contributed by atoms with van der Waals surface area (Å²) >= 11 is 0. The van der Waals surface area contributed by atoms with Crippen molar-refractivity contribution in [2.24, 2.45) is 0 Å². The van der Waals surface area contributed by atoms with Crippen molar-refractivity contribution in [2.45, 2.75) is 44.9 Å². The van der Waals surface area contributed by atoms with Crippen LogP contribution in [-0.4, -0.2) is 29.3 Å². The van der Waals surface area contributed by atoms with Gasteiger partial charge in [0.2, 0.25) is 0 Å². The van der Waals surface area contributed by atoms with Crippen molar-refractivity contribution in [1.29, 1.82) is 0 Å². The third-order valence-corrected chi connectivity index (χ3v) is 4.03. The molecule has 3 rings (SSSR count). The van der Waals surface area contributed by atoms with Crippen LogP contribution in [0.15, 0.2) is 24.5 Å². The minimum Gasteiger partial charge on any atom is -0.378 e. The van der Waals surface area contributed by atoms with Gasteiger partial charge in [-0.25, -0.2) is 4.98 Å². The van der Waals surface area contributed by atoms with E-state index < -0.39 is 0 Å². The Morgan fingerprint density at radius 3 is 3.25 bits per heavy atom. The van der Waals surface area contributed by atoms with Crippen LogP contribution in [0.1, 0.15) is 31.2 Å². The number of hydrogen-bond donors (Lipinski definition) is 1. The zero-order chi connectivity index (χ0) is 13.8. The highest BCUT2D eigenvalue weighted by Crippen LogP contribution is 2.21. The lowest BCUT2D eigenvalue weighted by Gasteiger charge is -2.09. The number of fused-ring (bicyclic) bond motifs is 1. The predicted octanol–water partition coefficient (Wildman–Crippen LogP) is 2.71. The summed E-state index contributed by atoms with van der Waals surface area (Å²) in [5.41, 5.74) is 2.43. The Balaban J connectivity index is 1.70. The van der Waals surface area contributed by atoms with Gasteiger partial charge in [-0.2, -0.15) is 0 Å². The summed E-state index contributed by atoms with van der Waals surface area (Å²) in [6.07, 6.45) is 9.38. The average molecular weight is 273 g/mol. The first-order valence-electron chi connectivity index (χ1n) is 7.57. The minimum absolute atomic E-state index is 0.488. The van der Waals surface area contributed by atoms with Gasteiger partial charge in [0.1, 0.15) is 5.65 Å². The van der Waals surface area contributed by atoms with Gasteiger partial charge in [-0.1, -0.05) is 0 Å². The molecule has 4 nitrogen and oxygen atoms in total. The monoisotopic (exact) mass is 273 g/mol. The zero-order valence-electron chi connectivity index (χ0n) is 12.1. The molecule has 2 aromatic rings. The van der Waals surface area contributed by atoms with Gasteiger partial charge in [0, 0.05) is 37.5 Å². The summed E-state index contributed by atoms with van der Waals surface area (Å²) in [6.45, 7) is 2.86. The Bertz CT molecular complexity index is 558. The summed E-state index contributed by atoms with van der Waals surface area (Å²) in [4.78, 5) is 4.54. The molecule has 1 unspecified atom stereocenters. The van der Waals surface area contributed by atoms with Crippen LogP contribution in [0.4, 0.5) is 0 Å². The molecule has 0 amide bonds. The fraction of sp³-hybridized carbons (Fsp3) is 0.562. The van der Waals surface area contributed by atoms with E-state index >= 15 is 0 Å². The molecular formula is C16H23N3O. The van der Waals surface area contributed by atoms with Crippen molar-refractivity contribution in [3.63, 3.8) is 0 Å². The molecule has 0 radical (unpaired) electrons. The van der Waals surface area contributed by atoms with Crippen molar-refractivity contribution in [3.05, 3.63) is 30.1 Å². The van der Waals surface area contributed by atoms with E-state index in [2.05, 4.69) is 27.1 Å². The van der Waals surface area contributed by atoms with E-state index in [1.54, 1.807) is 0 Å². The van der Waals surface area contributed by atoms with Crippen LogP contribution in [0.5, 0.6) is 0 Å². The normalized spacial score (nSPS) is 18.9. The molecule has 1 saturated heterocycles. The van der Waals surface area contributed by atoms with Crippen LogP contribution in [-0.2, 0) is 17.8 Å². The number of aromatic nitrogens is 2. The first-order chi connectivity index (χ1) is 9.88. The second-order valence-corrected chi connectivity index (χ2v) is 5.53. The first-order valence-corrected chi connectivity index (χ1v) is 7.57. The molecule has 0 bridgehead atoms. The van der Waals surface area contributed by atoms with Gasteiger partial charge in [-0.15, -0.1) is 0 Å². The van der Waals surface area contributed by atoms with Crippen molar-refractivity contribution < 1.29 is 4.74 Å². The number of nitrogens with one attached hydrogen (secondary N) is 1. The Labute approximate surface area is 120 Å². The molecule has 20 heavy (non-hydrogen) atoms. The molecule has 3 heterocycles. The summed E-state index contributed by atoms with van der Waals surface area (Å²) in [5, 5.41) is 4.49. The van der Waals surface area contributed by atoms with E-state index in [0.717, 1.165) is 38.2 Å². The van der Waals surface area contributed by atoms with Gasteiger partial charge in [-0.05, 0) is 50.4 Å². The second-order valence-electron chi connectivity index (χ2n) is 5.53. The van der Waals surface area contributed by atoms with Crippen molar-refractivity contribution in [3.8, 4) is 0 Å². The van der Waals surface area contributed by atoms with E-state index in [-0.39, 0.29) is 0 Å². The molecule has 0 spiro atoms. The number of ether oxygens (including phenoxy) is 1. The topological polar surface area (TPSA) is 39.1 Å². The molecule has 108 valence electrons. The Hall–Kier alpha value is -1.39. The quantitative estimate of drug-likeness (QED) is 0.879. The molecule has 2 aromatic heterocycles. The van der Waals surface area contributed by atoms with Gasteiger partial charge in [0.15, 0.2) is 0 Å². The van der Waals surface area contributed by atoms with E-state index in [4.69, 9.17) is 4.74 Å². The Morgan fingerprint density at radius 1 is 1.50 bits per heavy atom. The van der Waals surface area contributed by atoms with Gasteiger partial charge < -0.3 is 14.6 Å². The molecule has 4 heteroatoms. The van der Waals surface area contributed by atoms with Crippen LogP contribution >= 0.6 is 0 Å². The SMILES string of the molecule is CNCc1cn(CCCC2CCCO2)c2ncccc12. The molecule has 1 atom stereocenters. The lowest BCUT2D eigenvalue weighted by molar-refractivity contribution is 0.101. The fourth-order valence-electron chi connectivity index (χ4n) is 3.06. The van der Waals surface area contributed by atoms with E-state index in [9.17, 15) is 0 Å². The second kappa shape index (κ2) is 6.37. The molecule has 0 aliphatic carbocycles. The standard InChI is InChI=1S/C16H23N3O/c1-17-11-13-12-19(16-15(13)7-2-8-18-16)9-3-5-14-6-4-10-20-14/h2,7-8,12,14,17H,3-6,9-11H2,1H3. The van der Waals surface area contributed by atoms with Gasteiger partial charge in [0.25, 0.3) is 0 Å². The summed E-state index contributed by atoms with van der Waals surface area (Å²) in [7, 11) is 1.98. The largest absolute Gasteiger partial charge is 0.378 e. The van der Waals surface area contributed by atoms with Crippen LogP contribution in [0.25, 0.3) is 11.0 Å². The van der Waals surface area contributed by atoms with Crippen LogP contribution in [0.2, 0.25) is 0 Å². The minimum atomic E-state index is 0.488. The highest BCUT2D eigenvalue weighted by Gasteiger charge is 2.15. The van der Waals surface area contributed by atoms with Crippen molar-refractivity contribution in [2.75, 3.05) is 13.7 Å². The van der Waals surface area contributed by atoms with Gasteiger partial charge in [0.05, 0.1) is 6.10 Å². The summed E-state index contributed by atoms with van der Waals surface area (Å²) in [5.74, 6) is 0. The number of rotatable bonds is 6. The number of hydrogen-bond acceptors (Lipinski definition) is 3. The van der Waals surface area contributed by atoms with Crippen LogP contribution in [0, 0.1) is 0 Å². The fourth-order valence-corrected chi connectivity index (χ4v) is 3.06. The summed E-state index contributed by atoms with van der Waals surface area (Å²) < 4.78 is 7.98. The number of aryl methyl sites for hydroxylation is 1. The molecule has 0 aromatic carbocycles. The molecule has 1 fully saturated rings. The molecular weight excluding hydrogens is 250 g/mol. The third-order valence-electron chi connectivity index (χ3n) is 4.03. The zero-order valence-corrected chi connectivity index (χ0v) is 12.1. The molecule has 1 N–H and O–H groups in total. The third kappa shape index (κ3) is 2.86. The maximum absolute atomic E-state index is 5.69. The van der Waals surface area contributed by atoms with E-state index in [0.29, 0.717) is 6.10 Å². The van der Waals surface area contributed by atoms with Gasteiger partial charge in [-0.3, -0.25) is 0 Å². The molecule has 1 aliphatic rings. The smallest absolute Gasteiger partial charge is 0.140 e. The van der Waals surface area contributed by atoms with Crippen LogP contribution in [0.3, 0.4) is 0 Å². The van der Waals surface area contributed by atoms with E-state index in [1.165, 1.54) is 23.8 Å². The van der Waals surface area contributed by atoms with E-state index in [1.807, 2.05) is 19.3 Å². The van der Waals surface area contributed by atoms with Crippen LogP contribution < -0.4 is 5.32 Å². The average Bonchev–Trinajstić information content (AvgIpc) is 3.09. The maximum atomic E-state index is 5.69. The Morgan fingerprint density at radius 2 is 2.45 bits per heavy atom. The number of nitrogens with zero attached hydrogens (tertiary/aromatic N) is 2. The Kier molecular flexibility index (Phi) is 4.33. The number of pyridine rings is 1. The lowest BCUT2D eigenvalue weighted by Crippen LogP contribution is -2.07. The van der Waals surface area contributed by atoms with Crippen molar-refractivity contribution >= 4 is 11.0 Å². The van der Waals surface area contributed by atoms with Gasteiger partial charge >= 0.3 is 0 Å². The first kappa shape index (κ1) is 13.6. The maximum Gasteiger partial charge on any atom is 0.140 e. The lowest BCUT2D eigenvalue weighted by atomic mass is 10.1. The predicted molar refractivity (Wildman–Crippen MR) is 80.7 cm³/mol.